The second kappa shape index (κ2) is 9.57. The summed E-state index contributed by atoms with van der Waals surface area (Å²) in [6.07, 6.45) is 6.72. The Labute approximate surface area is 188 Å². The topological polar surface area (TPSA) is 67.9 Å². The molecule has 1 aliphatic heterocycles. The minimum atomic E-state index is -0.566. The first kappa shape index (κ1) is 21.6. The summed E-state index contributed by atoms with van der Waals surface area (Å²) in [7, 11) is 0. The van der Waals surface area contributed by atoms with Gasteiger partial charge in [0.25, 0.3) is 11.8 Å². The zero-order valence-corrected chi connectivity index (χ0v) is 18.4. The van der Waals surface area contributed by atoms with Crippen LogP contribution in [0, 0.1) is 12.3 Å². The lowest BCUT2D eigenvalue weighted by molar-refractivity contribution is -0.122. The van der Waals surface area contributed by atoms with Crippen molar-refractivity contribution in [2.24, 2.45) is 0 Å². The van der Waals surface area contributed by atoms with Crippen LogP contribution in [0.3, 0.4) is 0 Å². The highest BCUT2D eigenvalue weighted by molar-refractivity contribution is 9.10. The summed E-state index contributed by atoms with van der Waals surface area (Å²) in [5.74, 6) is 2.26. The van der Waals surface area contributed by atoms with E-state index in [1.54, 1.807) is 42.5 Å². The number of thiocarbonyl (C=S) groups is 1. The number of terminal acetylenes is 1. The van der Waals surface area contributed by atoms with Crippen LogP contribution >= 0.6 is 28.1 Å². The number of benzene rings is 2. The smallest absolute Gasteiger partial charge is 0.270 e. The summed E-state index contributed by atoms with van der Waals surface area (Å²) in [5.41, 5.74) is 1.09. The van der Waals surface area contributed by atoms with Gasteiger partial charge in [0.05, 0.1) is 12.3 Å². The van der Waals surface area contributed by atoms with Crippen LogP contribution in [0.2, 0.25) is 0 Å². The third-order valence-electron chi connectivity index (χ3n) is 4.08. The number of carbonyl (C=O) groups excluding carboxylic acids is 2. The molecule has 1 saturated heterocycles. The fourth-order valence-electron chi connectivity index (χ4n) is 2.77. The van der Waals surface area contributed by atoms with E-state index in [9.17, 15) is 9.59 Å². The first-order valence-electron chi connectivity index (χ1n) is 8.94. The number of amides is 2. The normalized spacial score (nSPS) is 15.0. The van der Waals surface area contributed by atoms with E-state index in [4.69, 9.17) is 28.1 Å². The molecular weight excluding hydrogens is 468 g/mol. The number of carbonyl (C=O) groups is 2. The van der Waals surface area contributed by atoms with E-state index in [-0.39, 0.29) is 17.3 Å². The van der Waals surface area contributed by atoms with Crippen LogP contribution < -0.4 is 19.7 Å². The fraction of sp³-hybridized carbons (Fsp3) is 0.136. The molecule has 2 aromatic carbocycles. The Morgan fingerprint density at radius 1 is 1.17 bits per heavy atom. The van der Waals surface area contributed by atoms with Gasteiger partial charge in [-0.15, -0.1) is 6.42 Å². The van der Waals surface area contributed by atoms with Gasteiger partial charge >= 0.3 is 0 Å². The third-order valence-corrected chi connectivity index (χ3v) is 4.89. The van der Waals surface area contributed by atoms with Gasteiger partial charge in [-0.05, 0) is 67.2 Å². The van der Waals surface area contributed by atoms with Gasteiger partial charge in [-0.2, -0.15) is 0 Å². The Hall–Kier alpha value is -3.15. The first-order valence-corrected chi connectivity index (χ1v) is 10.1. The molecule has 0 radical (unpaired) electrons. The van der Waals surface area contributed by atoms with Gasteiger partial charge in [-0.1, -0.05) is 27.9 Å². The van der Waals surface area contributed by atoms with Crippen LogP contribution in [0.4, 0.5) is 5.69 Å². The van der Waals surface area contributed by atoms with Gasteiger partial charge in [0.1, 0.15) is 12.2 Å². The second-order valence-corrected chi connectivity index (χ2v) is 7.37. The summed E-state index contributed by atoms with van der Waals surface area (Å²) in [6.45, 7) is 2.35. The van der Waals surface area contributed by atoms with Gasteiger partial charge in [0, 0.05) is 4.47 Å². The third kappa shape index (κ3) is 4.70. The molecule has 0 spiro atoms. The molecule has 152 valence electrons. The average molecular weight is 485 g/mol. The van der Waals surface area contributed by atoms with Crippen LogP contribution in [0.15, 0.2) is 52.5 Å². The molecule has 6 nitrogen and oxygen atoms in total. The first-order chi connectivity index (χ1) is 14.4. The number of anilines is 1. The number of hydrogen-bond acceptors (Lipinski definition) is 5. The summed E-state index contributed by atoms with van der Waals surface area (Å²) in [5, 5.41) is 2.59. The molecule has 2 aromatic rings. The summed E-state index contributed by atoms with van der Waals surface area (Å²) < 4.78 is 11.9. The minimum absolute atomic E-state index is 0.0255. The molecule has 2 amide bonds. The van der Waals surface area contributed by atoms with E-state index in [1.165, 1.54) is 11.0 Å². The second-order valence-electron chi connectivity index (χ2n) is 6.07. The number of halogens is 1. The Morgan fingerprint density at radius 3 is 2.57 bits per heavy atom. The Balaban J connectivity index is 1.96. The molecule has 3 rings (SSSR count). The molecule has 1 fully saturated rings. The number of nitrogens with zero attached hydrogens (tertiary/aromatic N) is 1. The molecule has 0 atom stereocenters. The van der Waals surface area contributed by atoms with Gasteiger partial charge in [-0.3, -0.25) is 19.8 Å². The van der Waals surface area contributed by atoms with Crippen molar-refractivity contribution in [2.75, 3.05) is 18.1 Å². The van der Waals surface area contributed by atoms with Crippen LogP contribution in [0.5, 0.6) is 11.5 Å². The van der Waals surface area contributed by atoms with Crippen molar-refractivity contribution >= 4 is 56.8 Å². The van der Waals surface area contributed by atoms with Crippen LogP contribution in [0.1, 0.15) is 12.5 Å². The highest BCUT2D eigenvalue weighted by atomic mass is 79.9. The molecule has 0 saturated carbocycles. The van der Waals surface area contributed by atoms with Crippen molar-refractivity contribution in [3.05, 3.63) is 58.1 Å². The van der Waals surface area contributed by atoms with E-state index in [0.717, 1.165) is 4.47 Å². The summed E-state index contributed by atoms with van der Waals surface area (Å²) in [4.78, 5) is 26.8. The number of hydrogen-bond donors (Lipinski definition) is 1. The lowest BCUT2D eigenvalue weighted by atomic mass is 10.1. The highest BCUT2D eigenvalue weighted by Crippen LogP contribution is 2.30. The van der Waals surface area contributed by atoms with Crippen molar-refractivity contribution in [1.29, 1.82) is 0 Å². The van der Waals surface area contributed by atoms with Crippen molar-refractivity contribution in [1.82, 2.24) is 5.32 Å². The molecule has 30 heavy (non-hydrogen) atoms. The van der Waals surface area contributed by atoms with Crippen molar-refractivity contribution in [2.45, 2.75) is 6.92 Å². The Bertz CT molecular complexity index is 1070. The summed E-state index contributed by atoms with van der Waals surface area (Å²) >= 11 is 8.56. The van der Waals surface area contributed by atoms with E-state index in [2.05, 4.69) is 27.2 Å². The van der Waals surface area contributed by atoms with Crippen LogP contribution in [0.25, 0.3) is 6.08 Å². The molecule has 0 aromatic heterocycles. The highest BCUT2D eigenvalue weighted by Gasteiger charge is 2.34. The zero-order chi connectivity index (χ0) is 21.7. The van der Waals surface area contributed by atoms with E-state index in [0.29, 0.717) is 29.4 Å². The molecule has 0 aliphatic carbocycles. The predicted octanol–water partition coefficient (Wildman–Crippen LogP) is 3.69. The lowest BCUT2D eigenvalue weighted by Gasteiger charge is -2.29. The number of nitrogens with one attached hydrogen (secondary N) is 1. The van der Waals surface area contributed by atoms with Crippen molar-refractivity contribution in [3.63, 3.8) is 0 Å². The molecule has 1 heterocycles. The standard InChI is InChI=1S/C22H17BrN2O4S/c1-3-11-29-18-10-5-14(13-19(18)28-4-2)12-17-20(26)24-22(30)25(21(17)27)16-8-6-15(23)7-9-16/h1,5-10,12-13H,4,11H2,2H3,(H,24,26,30). The Morgan fingerprint density at radius 2 is 1.90 bits per heavy atom. The molecule has 0 unspecified atom stereocenters. The maximum Gasteiger partial charge on any atom is 0.270 e. The number of rotatable bonds is 6. The SMILES string of the molecule is C#CCOc1ccc(C=C2C(=O)NC(=S)N(c3ccc(Br)cc3)C2=O)cc1OCC. The van der Waals surface area contributed by atoms with Crippen LogP contribution in [-0.2, 0) is 9.59 Å². The van der Waals surface area contributed by atoms with Crippen LogP contribution in [-0.4, -0.2) is 30.1 Å². The molecule has 0 bridgehead atoms. The monoisotopic (exact) mass is 484 g/mol. The molecule has 1 N–H and O–H groups in total. The Kier molecular flexibility index (Phi) is 6.87. The summed E-state index contributed by atoms with van der Waals surface area (Å²) in [6, 6.07) is 12.1. The van der Waals surface area contributed by atoms with Gasteiger partial charge < -0.3 is 9.47 Å². The zero-order valence-electron chi connectivity index (χ0n) is 16.0. The van der Waals surface area contributed by atoms with Gasteiger partial charge in [0.15, 0.2) is 16.6 Å². The van der Waals surface area contributed by atoms with E-state index >= 15 is 0 Å². The molecule has 8 heteroatoms. The fourth-order valence-corrected chi connectivity index (χ4v) is 3.32. The molecular formula is C22H17BrN2O4S. The van der Waals surface area contributed by atoms with Gasteiger partial charge in [-0.25, -0.2) is 0 Å². The number of ether oxygens (including phenoxy) is 2. The minimum Gasteiger partial charge on any atom is -0.490 e. The van der Waals surface area contributed by atoms with Crippen molar-refractivity contribution in [3.8, 4) is 23.8 Å². The van der Waals surface area contributed by atoms with Crippen molar-refractivity contribution < 1.29 is 19.1 Å². The van der Waals surface area contributed by atoms with Gasteiger partial charge in [0.2, 0.25) is 0 Å². The largest absolute Gasteiger partial charge is 0.490 e. The maximum atomic E-state index is 13.1. The molecule has 1 aliphatic rings. The van der Waals surface area contributed by atoms with E-state index < -0.39 is 11.8 Å². The maximum absolute atomic E-state index is 13.1. The lowest BCUT2D eigenvalue weighted by Crippen LogP contribution is -2.54. The van der Waals surface area contributed by atoms with E-state index in [1.807, 2.05) is 6.92 Å². The predicted molar refractivity (Wildman–Crippen MR) is 122 cm³/mol. The average Bonchev–Trinajstić information content (AvgIpc) is 2.72. The quantitative estimate of drug-likeness (QED) is 0.293.